The lowest BCUT2D eigenvalue weighted by Gasteiger charge is -2.37. The van der Waals surface area contributed by atoms with Crippen LogP contribution in [0.4, 0.5) is 19.0 Å². The van der Waals surface area contributed by atoms with E-state index in [0.29, 0.717) is 5.52 Å². The lowest BCUT2D eigenvalue weighted by atomic mass is 9.87. The molecule has 48 heavy (non-hydrogen) atoms. The number of carbonyl (C=O) groups excluding carboxylic acids is 3. The van der Waals surface area contributed by atoms with Crippen molar-refractivity contribution in [3.8, 4) is 6.07 Å². The molecule has 0 unspecified atom stereocenters. The van der Waals surface area contributed by atoms with E-state index in [1.807, 2.05) is 6.07 Å². The van der Waals surface area contributed by atoms with Gasteiger partial charge < -0.3 is 29.4 Å². The quantitative estimate of drug-likeness (QED) is 0.120. The van der Waals surface area contributed by atoms with Gasteiger partial charge in [0, 0.05) is 7.11 Å². The van der Waals surface area contributed by atoms with Crippen molar-refractivity contribution >= 4 is 29.2 Å². The molecule has 17 heteroatoms. The maximum atomic E-state index is 13.0. The van der Waals surface area contributed by atoms with Gasteiger partial charge in [0.1, 0.15) is 30.1 Å². The number of hydrogen-bond donors (Lipinski definition) is 2. The molecule has 0 aromatic carbocycles. The summed E-state index contributed by atoms with van der Waals surface area (Å²) < 4.78 is 68.8. The van der Waals surface area contributed by atoms with Crippen LogP contribution in [0.1, 0.15) is 72.1 Å². The van der Waals surface area contributed by atoms with E-state index in [0.717, 1.165) is 0 Å². The highest BCUT2D eigenvalue weighted by Gasteiger charge is 2.51. The Morgan fingerprint density at radius 3 is 2.23 bits per heavy atom. The topological polar surface area (TPSA) is 189 Å². The summed E-state index contributed by atoms with van der Waals surface area (Å²) in [5.41, 5.74) is 4.50. The zero-order valence-corrected chi connectivity index (χ0v) is 27.8. The second-order valence-corrected chi connectivity index (χ2v) is 12.3. The summed E-state index contributed by atoms with van der Waals surface area (Å²) >= 11 is 0. The van der Waals surface area contributed by atoms with Gasteiger partial charge in [-0.2, -0.15) is 23.5 Å². The van der Waals surface area contributed by atoms with Crippen LogP contribution in [0.25, 0.3) is 5.52 Å². The minimum absolute atomic E-state index is 0.103. The first kappa shape index (κ1) is 38.4. The normalized spacial score (nSPS) is 20.0. The molecule has 4 atom stereocenters. The summed E-state index contributed by atoms with van der Waals surface area (Å²) in [7, 11) is 1.20. The van der Waals surface area contributed by atoms with Crippen molar-refractivity contribution in [1.29, 1.82) is 5.26 Å². The molecule has 0 aliphatic heterocycles. The fourth-order valence-electron chi connectivity index (χ4n) is 5.03. The number of ether oxygens (including phenoxy) is 5. The number of alkyl halides is 3. The van der Waals surface area contributed by atoms with Crippen LogP contribution in [0.2, 0.25) is 0 Å². The first-order valence-electron chi connectivity index (χ1n) is 15.6. The number of carbonyl (C=O) groups is 3. The molecule has 266 valence electrons. The van der Waals surface area contributed by atoms with Crippen molar-refractivity contribution in [2.24, 2.45) is 17.8 Å². The van der Waals surface area contributed by atoms with E-state index in [1.54, 1.807) is 33.8 Å². The molecule has 1 fully saturated rings. The van der Waals surface area contributed by atoms with Crippen LogP contribution < -0.4 is 11.1 Å². The average Bonchev–Trinajstić information content (AvgIpc) is 3.48. The standard InChI is InChI=1S/C31H43F3N6O8/c1-17(2)27(41)47-24(22-11-12-23-26(36)37-15-39-40(22)23)25(48-28(42)18(3)4)30(13-35,44-6)14-45-16-38-19(5)29(43)46-21-9-7-20(8-10-21)31(32,33)34/h11-12,15,17-21,24-25,38H,7-10,14,16H2,1-6H3,(H2,36,37,39)/t19-,20?,21?,24-,25-,30+/m0/s1. The number of nitrogens with two attached hydrogens (primary N) is 1. The first-order chi connectivity index (χ1) is 22.5. The van der Waals surface area contributed by atoms with Crippen LogP contribution in [0.3, 0.4) is 0 Å². The van der Waals surface area contributed by atoms with E-state index in [9.17, 15) is 32.8 Å². The number of nitriles is 1. The van der Waals surface area contributed by atoms with E-state index < -0.39 is 78.4 Å². The molecular weight excluding hydrogens is 641 g/mol. The molecule has 1 aliphatic carbocycles. The van der Waals surface area contributed by atoms with Gasteiger partial charge in [0.25, 0.3) is 0 Å². The van der Waals surface area contributed by atoms with Crippen molar-refractivity contribution in [3.63, 3.8) is 0 Å². The smallest absolute Gasteiger partial charge is 0.391 e. The second kappa shape index (κ2) is 16.4. The Morgan fingerprint density at radius 2 is 1.67 bits per heavy atom. The van der Waals surface area contributed by atoms with E-state index in [2.05, 4.69) is 15.4 Å². The van der Waals surface area contributed by atoms with Crippen molar-refractivity contribution in [2.45, 2.75) is 96.4 Å². The fraction of sp³-hybridized carbons (Fsp3) is 0.677. The molecule has 1 saturated carbocycles. The largest absolute Gasteiger partial charge is 0.461 e. The minimum Gasteiger partial charge on any atom is -0.461 e. The Kier molecular flexibility index (Phi) is 13.1. The van der Waals surface area contributed by atoms with E-state index in [-0.39, 0.29) is 43.9 Å². The van der Waals surface area contributed by atoms with Crippen LogP contribution in [0.15, 0.2) is 18.5 Å². The monoisotopic (exact) mass is 684 g/mol. The number of esters is 3. The lowest BCUT2D eigenvalue weighted by molar-refractivity contribution is -0.201. The Morgan fingerprint density at radius 1 is 1.04 bits per heavy atom. The molecule has 0 amide bonds. The van der Waals surface area contributed by atoms with Gasteiger partial charge in [0.15, 0.2) is 18.0 Å². The predicted octanol–water partition coefficient (Wildman–Crippen LogP) is 3.64. The third-order valence-corrected chi connectivity index (χ3v) is 8.10. The number of methoxy groups -OCH3 is 1. The number of halogens is 3. The van der Waals surface area contributed by atoms with Crippen molar-refractivity contribution in [2.75, 3.05) is 26.2 Å². The van der Waals surface area contributed by atoms with Gasteiger partial charge in [0.2, 0.25) is 5.60 Å². The number of nitrogens with zero attached hydrogens (tertiary/aromatic N) is 4. The first-order valence-corrected chi connectivity index (χ1v) is 15.6. The third kappa shape index (κ3) is 9.32. The summed E-state index contributed by atoms with van der Waals surface area (Å²) in [6, 6.07) is 4.21. The van der Waals surface area contributed by atoms with Crippen LogP contribution in [0.5, 0.6) is 0 Å². The number of fused-ring (bicyclic) bond motifs is 1. The molecular formula is C31H43F3N6O8. The molecule has 2 aromatic heterocycles. The van der Waals surface area contributed by atoms with Gasteiger partial charge in [-0.25, -0.2) is 9.50 Å². The number of nitrogen functional groups attached to an aromatic ring is 1. The molecule has 0 spiro atoms. The van der Waals surface area contributed by atoms with E-state index in [1.165, 1.54) is 30.9 Å². The fourth-order valence-corrected chi connectivity index (χ4v) is 5.03. The van der Waals surface area contributed by atoms with Crippen molar-refractivity contribution < 1.29 is 51.2 Å². The van der Waals surface area contributed by atoms with Gasteiger partial charge in [0.05, 0.1) is 36.8 Å². The Labute approximate surface area is 276 Å². The van der Waals surface area contributed by atoms with E-state index in [4.69, 9.17) is 29.4 Å². The maximum Gasteiger partial charge on any atom is 0.391 e. The zero-order chi connectivity index (χ0) is 35.8. The van der Waals surface area contributed by atoms with Crippen LogP contribution in [0, 0.1) is 29.1 Å². The zero-order valence-electron chi connectivity index (χ0n) is 27.8. The van der Waals surface area contributed by atoms with Gasteiger partial charge >= 0.3 is 24.1 Å². The van der Waals surface area contributed by atoms with Gasteiger partial charge in [-0.3, -0.25) is 19.7 Å². The molecule has 2 heterocycles. The molecule has 14 nitrogen and oxygen atoms in total. The molecule has 2 aromatic rings. The number of nitrogens with one attached hydrogen (secondary N) is 1. The molecule has 3 N–H and O–H groups in total. The number of rotatable bonds is 15. The SMILES string of the molecule is CO[C@](C#N)(COCN[C@@H](C)C(=O)OC1CCC(C(F)(F)F)CC1)[C@@H](OC(=O)C(C)C)[C@@H](OC(=O)C(C)C)c1ccc2c(N)ncnn12. The summed E-state index contributed by atoms with van der Waals surface area (Å²) in [5.74, 6) is -4.63. The summed E-state index contributed by atoms with van der Waals surface area (Å²) in [5, 5.41) is 17.5. The highest BCUT2D eigenvalue weighted by molar-refractivity contribution is 5.75. The highest BCUT2D eigenvalue weighted by atomic mass is 19.4. The second-order valence-electron chi connectivity index (χ2n) is 12.3. The molecule has 0 radical (unpaired) electrons. The Bertz CT molecular complexity index is 1450. The molecule has 1 aliphatic rings. The number of hydrogen-bond acceptors (Lipinski definition) is 13. The van der Waals surface area contributed by atoms with E-state index >= 15 is 0 Å². The summed E-state index contributed by atoms with van der Waals surface area (Å²) in [4.78, 5) is 42.6. The molecule has 3 rings (SSSR count). The maximum absolute atomic E-state index is 13.0. The third-order valence-electron chi connectivity index (χ3n) is 8.10. The average molecular weight is 685 g/mol. The lowest BCUT2D eigenvalue weighted by Crippen LogP contribution is -2.54. The van der Waals surface area contributed by atoms with Gasteiger partial charge in [-0.15, -0.1) is 0 Å². The Balaban J connectivity index is 1.81. The Hall–Kier alpha value is -4.01. The van der Waals surface area contributed by atoms with Gasteiger partial charge in [-0.05, 0) is 44.7 Å². The van der Waals surface area contributed by atoms with Gasteiger partial charge in [-0.1, -0.05) is 27.7 Å². The summed E-state index contributed by atoms with van der Waals surface area (Å²) in [6.45, 7) is 7.00. The highest BCUT2D eigenvalue weighted by Crippen LogP contribution is 2.38. The van der Waals surface area contributed by atoms with Crippen molar-refractivity contribution in [3.05, 3.63) is 24.2 Å². The van der Waals surface area contributed by atoms with Crippen LogP contribution >= 0.6 is 0 Å². The minimum atomic E-state index is -4.28. The van der Waals surface area contributed by atoms with Crippen LogP contribution in [-0.4, -0.2) is 83.0 Å². The van der Waals surface area contributed by atoms with Crippen molar-refractivity contribution in [1.82, 2.24) is 19.9 Å². The predicted molar refractivity (Wildman–Crippen MR) is 162 cm³/mol. The summed E-state index contributed by atoms with van der Waals surface area (Å²) in [6.07, 6.45) is -6.80. The van der Waals surface area contributed by atoms with Crippen LogP contribution in [-0.2, 0) is 38.1 Å². The number of aromatic nitrogens is 3. The molecule has 0 saturated heterocycles. The molecule has 0 bridgehead atoms. The number of anilines is 1.